The number of rotatable bonds is 18. The molecule has 15 nitrogen and oxygen atoms in total. The predicted octanol–water partition coefficient (Wildman–Crippen LogP) is -2.33. The largest absolute Gasteiger partial charge is 0.508 e. The number of primary amides is 1. The van der Waals surface area contributed by atoms with Crippen molar-refractivity contribution in [3.63, 3.8) is 0 Å². The third-order valence-electron chi connectivity index (χ3n) is 5.62. The van der Waals surface area contributed by atoms with E-state index in [1.807, 2.05) is 0 Å². The van der Waals surface area contributed by atoms with E-state index in [2.05, 4.69) is 16.0 Å². The summed E-state index contributed by atoms with van der Waals surface area (Å²) in [5.41, 5.74) is 16.9. The highest BCUT2D eigenvalue weighted by atomic mass is 16.4. The number of hydrogen-bond donors (Lipinski definition) is 9. The molecule has 4 atom stereocenters. The molecule has 0 spiro atoms. The van der Waals surface area contributed by atoms with E-state index in [1.165, 1.54) is 24.3 Å². The highest BCUT2D eigenvalue weighted by Crippen LogP contribution is 2.12. The summed E-state index contributed by atoms with van der Waals surface area (Å²) in [6.07, 6.45) is -0.223. The first-order chi connectivity index (χ1) is 18.3. The summed E-state index contributed by atoms with van der Waals surface area (Å²) in [5.74, 6) is -6.53. The predicted molar refractivity (Wildman–Crippen MR) is 137 cm³/mol. The number of phenols is 1. The Kier molecular flexibility index (Phi) is 13.9. The van der Waals surface area contributed by atoms with Gasteiger partial charge in [0.2, 0.25) is 23.6 Å². The fourth-order valence-corrected chi connectivity index (χ4v) is 3.47. The van der Waals surface area contributed by atoms with Crippen LogP contribution in [0.3, 0.4) is 0 Å². The molecule has 12 N–H and O–H groups in total. The molecule has 0 bridgehead atoms. The lowest BCUT2D eigenvalue weighted by Crippen LogP contribution is -2.58. The normalized spacial score (nSPS) is 13.8. The fourth-order valence-electron chi connectivity index (χ4n) is 3.47. The van der Waals surface area contributed by atoms with Crippen molar-refractivity contribution in [3.8, 4) is 5.75 Å². The molecule has 4 amide bonds. The summed E-state index contributed by atoms with van der Waals surface area (Å²) in [4.78, 5) is 72.5. The molecule has 15 heteroatoms. The van der Waals surface area contributed by atoms with E-state index in [-0.39, 0.29) is 25.0 Å². The summed E-state index contributed by atoms with van der Waals surface area (Å²) in [7, 11) is 0. The highest BCUT2D eigenvalue weighted by Gasteiger charge is 2.32. The summed E-state index contributed by atoms with van der Waals surface area (Å²) >= 11 is 0. The van der Waals surface area contributed by atoms with Crippen molar-refractivity contribution < 1.29 is 44.1 Å². The van der Waals surface area contributed by atoms with Gasteiger partial charge in [0.15, 0.2) is 0 Å². The van der Waals surface area contributed by atoms with Crippen LogP contribution in [0.5, 0.6) is 5.75 Å². The van der Waals surface area contributed by atoms with Crippen molar-refractivity contribution >= 4 is 35.6 Å². The maximum Gasteiger partial charge on any atom is 0.326 e. The van der Waals surface area contributed by atoms with Gasteiger partial charge in [0, 0.05) is 12.8 Å². The quantitative estimate of drug-likeness (QED) is 0.0871. The number of hydrogen-bond acceptors (Lipinski definition) is 9. The Labute approximate surface area is 224 Å². The number of unbranched alkanes of at least 4 members (excludes halogenated alkanes) is 1. The number of nitrogens with one attached hydrogen (secondary N) is 3. The molecule has 4 unspecified atom stereocenters. The lowest BCUT2D eigenvalue weighted by atomic mass is 10.0. The number of carbonyl (C=O) groups excluding carboxylic acids is 4. The molecule has 216 valence electrons. The van der Waals surface area contributed by atoms with E-state index in [0.717, 1.165) is 0 Å². The summed E-state index contributed by atoms with van der Waals surface area (Å²) in [5, 5.41) is 35.0. The first-order valence-electron chi connectivity index (χ1n) is 12.2. The molecule has 39 heavy (non-hydrogen) atoms. The number of carboxylic acids is 2. The summed E-state index contributed by atoms with van der Waals surface area (Å²) in [6, 6.07) is 0.164. The molecular formula is C24H36N6O9. The monoisotopic (exact) mass is 552 g/mol. The maximum absolute atomic E-state index is 13.2. The summed E-state index contributed by atoms with van der Waals surface area (Å²) in [6.45, 7) is 0.415. The molecule has 0 radical (unpaired) electrons. The van der Waals surface area contributed by atoms with Gasteiger partial charge in [-0.3, -0.25) is 24.0 Å². The second-order valence-electron chi connectivity index (χ2n) is 8.89. The van der Waals surface area contributed by atoms with Gasteiger partial charge in [-0.15, -0.1) is 0 Å². The average Bonchev–Trinajstić information content (AvgIpc) is 2.86. The number of aromatic hydroxyl groups is 1. The molecule has 1 aromatic carbocycles. The Bertz CT molecular complexity index is 1020. The SMILES string of the molecule is NCCCCC(N)C(=O)NC(Cc1ccc(O)cc1)C(=O)NC(CC(=O)O)C(=O)NC(CCC(N)=O)C(=O)O. The van der Waals surface area contributed by atoms with Crippen molar-refractivity contribution in [3.05, 3.63) is 29.8 Å². The molecule has 1 rings (SSSR count). The Hall–Kier alpha value is -4.24. The number of amides is 4. The minimum atomic E-state index is -1.72. The Morgan fingerprint density at radius 1 is 0.795 bits per heavy atom. The molecule has 0 fully saturated rings. The van der Waals surface area contributed by atoms with Crippen molar-refractivity contribution in [2.75, 3.05) is 6.54 Å². The van der Waals surface area contributed by atoms with Crippen molar-refractivity contribution in [2.24, 2.45) is 17.2 Å². The highest BCUT2D eigenvalue weighted by molar-refractivity contribution is 5.95. The smallest absolute Gasteiger partial charge is 0.326 e. The lowest BCUT2D eigenvalue weighted by Gasteiger charge is -2.24. The first kappa shape index (κ1) is 32.8. The van der Waals surface area contributed by atoms with Crippen LogP contribution in [0.1, 0.15) is 44.1 Å². The summed E-state index contributed by atoms with van der Waals surface area (Å²) < 4.78 is 0. The van der Waals surface area contributed by atoms with Crippen LogP contribution in [-0.2, 0) is 35.2 Å². The van der Waals surface area contributed by atoms with E-state index in [1.54, 1.807) is 0 Å². The van der Waals surface area contributed by atoms with E-state index in [0.29, 0.717) is 31.4 Å². The van der Waals surface area contributed by atoms with Crippen LogP contribution >= 0.6 is 0 Å². The van der Waals surface area contributed by atoms with E-state index in [9.17, 15) is 44.1 Å². The van der Waals surface area contributed by atoms with Gasteiger partial charge in [-0.1, -0.05) is 18.6 Å². The number of carboxylic acid groups (broad SMARTS) is 2. The Morgan fingerprint density at radius 3 is 1.90 bits per heavy atom. The lowest BCUT2D eigenvalue weighted by molar-refractivity contribution is -0.143. The van der Waals surface area contributed by atoms with Gasteiger partial charge in [-0.2, -0.15) is 0 Å². The van der Waals surface area contributed by atoms with Crippen molar-refractivity contribution in [1.29, 1.82) is 0 Å². The Balaban J connectivity index is 3.11. The van der Waals surface area contributed by atoms with Crippen LogP contribution in [0, 0.1) is 0 Å². The van der Waals surface area contributed by atoms with Gasteiger partial charge in [-0.05, 0) is 43.5 Å². The zero-order valence-corrected chi connectivity index (χ0v) is 21.3. The van der Waals surface area contributed by atoms with Crippen molar-refractivity contribution in [2.45, 2.75) is 69.1 Å². The van der Waals surface area contributed by atoms with Crippen LogP contribution in [-0.4, -0.2) is 81.6 Å². The van der Waals surface area contributed by atoms with E-state index >= 15 is 0 Å². The van der Waals surface area contributed by atoms with E-state index < -0.39 is 66.2 Å². The van der Waals surface area contributed by atoms with Gasteiger partial charge in [-0.25, -0.2) is 4.79 Å². The molecule has 0 aliphatic heterocycles. The number of carbonyl (C=O) groups is 6. The number of aliphatic carboxylic acids is 2. The topological polar surface area (TPSA) is 277 Å². The number of phenolic OH excluding ortho intramolecular Hbond substituents is 1. The number of nitrogens with two attached hydrogens (primary N) is 3. The molecule has 0 aliphatic carbocycles. The minimum Gasteiger partial charge on any atom is -0.508 e. The zero-order chi connectivity index (χ0) is 29.5. The fraction of sp³-hybridized carbons (Fsp3) is 0.500. The minimum absolute atomic E-state index is 0.0340. The van der Waals surface area contributed by atoms with Gasteiger partial charge >= 0.3 is 11.9 Å². The Morgan fingerprint density at radius 2 is 1.36 bits per heavy atom. The van der Waals surface area contributed by atoms with Crippen molar-refractivity contribution in [1.82, 2.24) is 16.0 Å². The average molecular weight is 553 g/mol. The van der Waals surface area contributed by atoms with Crippen LogP contribution in [0.4, 0.5) is 0 Å². The molecule has 0 aliphatic rings. The van der Waals surface area contributed by atoms with Crippen LogP contribution in [0.25, 0.3) is 0 Å². The third-order valence-corrected chi connectivity index (χ3v) is 5.62. The van der Waals surface area contributed by atoms with Crippen LogP contribution in [0.15, 0.2) is 24.3 Å². The number of benzene rings is 1. The third kappa shape index (κ3) is 12.7. The molecule has 0 saturated carbocycles. The second kappa shape index (κ2) is 16.6. The van der Waals surface area contributed by atoms with Gasteiger partial charge in [0.1, 0.15) is 23.9 Å². The molecule has 1 aromatic rings. The molecule has 0 aromatic heterocycles. The van der Waals surface area contributed by atoms with E-state index in [4.69, 9.17) is 17.2 Å². The van der Waals surface area contributed by atoms with Gasteiger partial charge in [0.25, 0.3) is 0 Å². The maximum atomic E-state index is 13.2. The molecular weight excluding hydrogens is 516 g/mol. The molecule has 0 heterocycles. The zero-order valence-electron chi connectivity index (χ0n) is 21.3. The van der Waals surface area contributed by atoms with Gasteiger partial charge < -0.3 is 48.5 Å². The first-order valence-corrected chi connectivity index (χ1v) is 12.2. The molecule has 0 saturated heterocycles. The standard InChI is InChI=1S/C24H36N6O9/c25-10-2-1-3-15(26)21(35)29-17(11-13-4-6-14(31)7-5-13)22(36)30-18(12-20(33)34)23(37)28-16(24(38)39)8-9-19(27)32/h4-7,15-18,31H,1-3,8-12,25-26H2,(H2,27,32)(H,28,37)(H,29,35)(H,30,36)(H,33,34)(H,38,39). The van der Waals surface area contributed by atoms with Gasteiger partial charge in [0.05, 0.1) is 12.5 Å². The van der Waals surface area contributed by atoms with Crippen LogP contribution in [0.2, 0.25) is 0 Å². The van der Waals surface area contributed by atoms with Crippen LogP contribution < -0.4 is 33.2 Å². The second-order valence-corrected chi connectivity index (χ2v) is 8.89.